The number of carbonyl (C=O) groups is 2. The fraction of sp³-hybridized carbons (Fsp3) is 0.556. The number of carbonyl (C=O) groups excluding carboxylic acids is 2. The number of aliphatic hydroxyl groups is 1. The van der Waals surface area contributed by atoms with E-state index >= 15 is 0 Å². The van der Waals surface area contributed by atoms with E-state index in [4.69, 9.17) is 14.2 Å². The Bertz CT molecular complexity index is 593. The second-order valence-electron chi connectivity index (χ2n) is 6.80. The Balaban J connectivity index is 3.24. The second kappa shape index (κ2) is 8.95. The van der Waals surface area contributed by atoms with Crippen LogP contribution in [0.2, 0.25) is 0 Å². The molecule has 0 spiro atoms. The molecule has 0 heterocycles. The lowest BCUT2D eigenvalue weighted by Crippen LogP contribution is -2.48. The van der Waals surface area contributed by atoms with Gasteiger partial charge in [0.1, 0.15) is 11.0 Å². The third-order valence-electron chi connectivity index (χ3n) is 3.60. The maximum atomic E-state index is 12.5. The maximum absolute atomic E-state index is 12.5. The zero-order valence-electron chi connectivity index (χ0n) is 15.2. The molecule has 0 amide bonds. The highest BCUT2D eigenvalue weighted by Gasteiger charge is 2.49. The zero-order valence-corrected chi connectivity index (χ0v) is 17.3. The van der Waals surface area contributed by atoms with Gasteiger partial charge in [0.05, 0.1) is 13.5 Å². The van der Waals surface area contributed by atoms with Crippen LogP contribution in [0.1, 0.15) is 32.8 Å². The summed E-state index contributed by atoms with van der Waals surface area (Å²) in [4.78, 5) is 24.9. The molecule has 1 N–H and O–H groups in total. The molecule has 0 aromatic heterocycles. The molecule has 2 unspecified atom stereocenters. The van der Waals surface area contributed by atoms with Gasteiger partial charge >= 0.3 is 11.9 Å². The van der Waals surface area contributed by atoms with Crippen molar-refractivity contribution in [2.24, 2.45) is 5.41 Å². The van der Waals surface area contributed by atoms with Gasteiger partial charge in [-0.3, -0.25) is 9.59 Å². The van der Waals surface area contributed by atoms with Crippen LogP contribution in [0, 0.1) is 8.99 Å². The number of rotatable bonds is 7. The molecule has 0 aliphatic heterocycles. The molecule has 140 valence electrons. The highest BCUT2D eigenvalue weighted by atomic mass is 127. The van der Waals surface area contributed by atoms with Crippen LogP contribution in [-0.4, -0.2) is 43.2 Å². The Hall–Kier alpha value is -1.19. The summed E-state index contributed by atoms with van der Waals surface area (Å²) in [6.07, 6.45) is -1.81. The Labute approximate surface area is 162 Å². The molecule has 25 heavy (non-hydrogen) atoms. The first-order chi connectivity index (χ1) is 11.5. The molecule has 0 radical (unpaired) electrons. The van der Waals surface area contributed by atoms with Gasteiger partial charge in [0.15, 0.2) is 6.29 Å². The van der Waals surface area contributed by atoms with Gasteiger partial charge in [-0.25, -0.2) is 0 Å². The van der Waals surface area contributed by atoms with E-state index in [-0.39, 0.29) is 12.8 Å². The molecule has 6 nitrogen and oxygen atoms in total. The minimum atomic E-state index is -1.60. The summed E-state index contributed by atoms with van der Waals surface area (Å²) in [6.45, 7) is 5.20. The van der Waals surface area contributed by atoms with Crippen LogP contribution in [0.4, 0.5) is 0 Å². The molecule has 2 atom stereocenters. The first-order valence-corrected chi connectivity index (χ1v) is 8.87. The van der Waals surface area contributed by atoms with E-state index in [0.29, 0.717) is 0 Å². The highest BCUT2D eigenvalue weighted by Crippen LogP contribution is 2.35. The van der Waals surface area contributed by atoms with Crippen LogP contribution < -0.4 is 0 Å². The van der Waals surface area contributed by atoms with Crippen molar-refractivity contribution >= 4 is 34.5 Å². The molecule has 0 bridgehead atoms. The summed E-state index contributed by atoms with van der Waals surface area (Å²) in [7, 11) is 2.48. The van der Waals surface area contributed by atoms with Crippen molar-refractivity contribution in [1.82, 2.24) is 0 Å². The van der Waals surface area contributed by atoms with Gasteiger partial charge in [0.2, 0.25) is 0 Å². The zero-order chi connectivity index (χ0) is 19.3. The summed E-state index contributed by atoms with van der Waals surface area (Å²) in [5.41, 5.74) is -1.54. The van der Waals surface area contributed by atoms with Gasteiger partial charge in [-0.2, -0.15) is 0 Å². The predicted octanol–water partition coefficient (Wildman–Crippen LogP) is 2.69. The van der Waals surface area contributed by atoms with E-state index in [1.807, 2.05) is 24.3 Å². The summed E-state index contributed by atoms with van der Waals surface area (Å²) < 4.78 is 16.2. The largest absolute Gasteiger partial charge is 0.468 e. The summed E-state index contributed by atoms with van der Waals surface area (Å²) in [5, 5.41) is 10.4. The Morgan fingerprint density at radius 1 is 1.16 bits per heavy atom. The summed E-state index contributed by atoms with van der Waals surface area (Å²) >= 11 is 2.17. The average Bonchev–Trinajstić information content (AvgIpc) is 2.52. The predicted molar refractivity (Wildman–Crippen MR) is 101 cm³/mol. The van der Waals surface area contributed by atoms with Crippen LogP contribution in [0.15, 0.2) is 24.3 Å². The smallest absolute Gasteiger partial charge is 0.317 e. The quantitative estimate of drug-likeness (QED) is 0.380. The molecule has 0 aliphatic rings. The van der Waals surface area contributed by atoms with Gasteiger partial charge < -0.3 is 19.3 Å². The molecule has 0 fully saturated rings. The first kappa shape index (κ1) is 21.9. The molecule has 0 saturated heterocycles. The number of benzene rings is 1. The van der Waals surface area contributed by atoms with Gasteiger partial charge in [-0.1, -0.05) is 12.1 Å². The Kier molecular flexibility index (Phi) is 7.83. The maximum Gasteiger partial charge on any atom is 0.317 e. The van der Waals surface area contributed by atoms with Crippen molar-refractivity contribution < 1.29 is 28.9 Å². The SMILES string of the molecule is COC(=O)C(CC(=O)OC(C)(C)C)(Cc1ccc(I)cc1)C(O)OC. The van der Waals surface area contributed by atoms with Crippen molar-refractivity contribution in [3.63, 3.8) is 0 Å². The topological polar surface area (TPSA) is 82.1 Å². The number of esters is 2. The average molecular weight is 464 g/mol. The number of methoxy groups -OCH3 is 2. The fourth-order valence-corrected chi connectivity index (χ4v) is 2.87. The number of hydrogen-bond donors (Lipinski definition) is 1. The number of hydrogen-bond acceptors (Lipinski definition) is 6. The van der Waals surface area contributed by atoms with Crippen LogP contribution in [0.3, 0.4) is 0 Å². The lowest BCUT2D eigenvalue weighted by atomic mass is 9.77. The van der Waals surface area contributed by atoms with Crippen LogP contribution >= 0.6 is 22.6 Å². The molecular weight excluding hydrogens is 439 g/mol. The Morgan fingerprint density at radius 2 is 1.72 bits per heavy atom. The van der Waals surface area contributed by atoms with Crippen LogP contribution in [-0.2, 0) is 30.2 Å². The number of aliphatic hydroxyl groups excluding tert-OH is 1. The van der Waals surface area contributed by atoms with E-state index in [1.54, 1.807) is 20.8 Å². The molecule has 7 heteroatoms. The van der Waals surface area contributed by atoms with Gasteiger partial charge in [0, 0.05) is 10.7 Å². The summed E-state index contributed by atoms with van der Waals surface area (Å²) in [5.74, 6) is -1.34. The van der Waals surface area contributed by atoms with Crippen LogP contribution in [0.25, 0.3) is 0 Å². The Morgan fingerprint density at radius 3 is 2.16 bits per heavy atom. The molecule has 0 saturated carbocycles. The van der Waals surface area contributed by atoms with Crippen molar-refractivity contribution in [2.75, 3.05) is 14.2 Å². The first-order valence-electron chi connectivity index (χ1n) is 7.79. The van der Waals surface area contributed by atoms with Gasteiger partial charge in [0.25, 0.3) is 0 Å². The monoisotopic (exact) mass is 464 g/mol. The van der Waals surface area contributed by atoms with E-state index in [1.165, 1.54) is 14.2 Å². The lowest BCUT2D eigenvalue weighted by Gasteiger charge is -2.34. The van der Waals surface area contributed by atoms with E-state index in [9.17, 15) is 14.7 Å². The molecular formula is C18H25IO6. The van der Waals surface area contributed by atoms with E-state index < -0.39 is 29.2 Å². The highest BCUT2D eigenvalue weighted by molar-refractivity contribution is 14.1. The fourth-order valence-electron chi connectivity index (χ4n) is 2.51. The van der Waals surface area contributed by atoms with Crippen LogP contribution in [0.5, 0.6) is 0 Å². The van der Waals surface area contributed by atoms with Crippen molar-refractivity contribution in [2.45, 2.75) is 45.5 Å². The standard InChI is InChI=1S/C18H25IO6/c1-17(2,3)25-14(20)11-18(15(21)23-4,16(22)24-5)10-12-6-8-13(19)9-7-12/h6-9,15,21H,10-11H2,1-5H3. The molecule has 1 aromatic carbocycles. The summed E-state index contributed by atoms with van der Waals surface area (Å²) in [6, 6.07) is 7.42. The van der Waals surface area contributed by atoms with E-state index in [0.717, 1.165) is 9.13 Å². The number of halogens is 1. The minimum absolute atomic E-state index is 0.0742. The third-order valence-corrected chi connectivity index (χ3v) is 4.32. The van der Waals surface area contributed by atoms with Crippen molar-refractivity contribution in [3.05, 3.63) is 33.4 Å². The van der Waals surface area contributed by atoms with Gasteiger partial charge in [-0.05, 0) is 67.5 Å². The molecule has 1 rings (SSSR count). The van der Waals surface area contributed by atoms with Crippen molar-refractivity contribution in [1.29, 1.82) is 0 Å². The molecule has 0 aliphatic carbocycles. The second-order valence-corrected chi connectivity index (χ2v) is 8.05. The van der Waals surface area contributed by atoms with Crippen molar-refractivity contribution in [3.8, 4) is 0 Å². The third kappa shape index (κ3) is 6.23. The molecule has 1 aromatic rings. The lowest BCUT2D eigenvalue weighted by molar-refractivity contribution is -0.201. The van der Waals surface area contributed by atoms with E-state index in [2.05, 4.69) is 22.6 Å². The number of ether oxygens (including phenoxy) is 3. The normalized spacial score (nSPS) is 15.2. The minimum Gasteiger partial charge on any atom is -0.468 e. The van der Waals surface area contributed by atoms with Gasteiger partial charge in [-0.15, -0.1) is 0 Å².